The van der Waals surface area contributed by atoms with E-state index >= 15 is 0 Å². The molecule has 2 rings (SSSR count). The van der Waals surface area contributed by atoms with Gasteiger partial charge < -0.3 is 9.72 Å². The van der Waals surface area contributed by atoms with Gasteiger partial charge in [0.05, 0.1) is 6.61 Å². The number of aromatic amines is 1. The van der Waals surface area contributed by atoms with Crippen molar-refractivity contribution >= 4 is 26.8 Å². The molecule has 0 saturated heterocycles. The third-order valence-corrected chi connectivity index (χ3v) is 3.08. The summed E-state index contributed by atoms with van der Waals surface area (Å²) in [7, 11) is 0. The number of hydrogen-bond donors (Lipinski definition) is 1. The molecule has 0 unspecified atom stereocenters. The van der Waals surface area contributed by atoms with Crippen LogP contribution in [-0.2, 0) is 0 Å². The Hall–Kier alpha value is -0.960. The van der Waals surface area contributed by atoms with Crippen molar-refractivity contribution in [2.24, 2.45) is 0 Å². The first-order valence-electron chi connectivity index (χ1n) is 5.58. The minimum absolute atomic E-state index is 0.792. The summed E-state index contributed by atoms with van der Waals surface area (Å²) >= 11 is 3.41. The van der Waals surface area contributed by atoms with Crippen molar-refractivity contribution < 1.29 is 4.74 Å². The van der Waals surface area contributed by atoms with Crippen LogP contribution in [0.15, 0.2) is 24.3 Å². The molecule has 1 heterocycles. The molecule has 0 aliphatic heterocycles. The molecular weight excluding hydrogens is 266 g/mol. The van der Waals surface area contributed by atoms with E-state index in [2.05, 4.69) is 46.0 Å². The van der Waals surface area contributed by atoms with E-state index in [9.17, 15) is 0 Å². The first-order chi connectivity index (χ1) is 7.79. The molecule has 0 amide bonds. The van der Waals surface area contributed by atoms with Crippen LogP contribution in [-0.4, -0.2) is 16.9 Å². The number of aromatic nitrogens is 1. The number of benzene rings is 1. The van der Waals surface area contributed by atoms with Crippen molar-refractivity contribution in [2.75, 3.05) is 11.9 Å². The molecule has 2 nitrogen and oxygen atoms in total. The van der Waals surface area contributed by atoms with Gasteiger partial charge in [-0.3, -0.25) is 0 Å². The zero-order valence-corrected chi connectivity index (χ0v) is 11.0. The molecule has 0 atom stereocenters. The van der Waals surface area contributed by atoms with Crippen molar-refractivity contribution in [2.45, 2.75) is 19.8 Å². The van der Waals surface area contributed by atoms with Gasteiger partial charge in [0.25, 0.3) is 0 Å². The Kier molecular flexibility index (Phi) is 3.88. The van der Waals surface area contributed by atoms with E-state index in [1.165, 1.54) is 16.6 Å². The van der Waals surface area contributed by atoms with Gasteiger partial charge in [-0.2, -0.15) is 0 Å². The lowest BCUT2D eigenvalue weighted by Gasteiger charge is -2.05. The topological polar surface area (TPSA) is 25.0 Å². The largest absolute Gasteiger partial charge is 0.494 e. The second-order valence-electron chi connectivity index (χ2n) is 3.95. The predicted octanol–water partition coefficient (Wildman–Crippen LogP) is 4.03. The number of alkyl halides is 1. The standard InChI is InChI=1S/C13H16BrNO/c1-10-8-11-9-12(4-5-13(11)15-10)16-7-3-2-6-14/h4-5,8-9,15H,2-3,6-7H2,1H3. The van der Waals surface area contributed by atoms with Crippen molar-refractivity contribution in [1.29, 1.82) is 0 Å². The van der Waals surface area contributed by atoms with Crippen LogP contribution in [0.25, 0.3) is 10.9 Å². The van der Waals surface area contributed by atoms with Gasteiger partial charge in [0.2, 0.25) is 0 Å². The smallest absolute Gasteiger partial charge is 0.120 e. The third kappa shape index (κ3) is 2.79. The predicted molar refractivity (Wildman–Crippen MR) is 71.6 cm³/mol. The van der Waals surface area contributed by atoms with Gasteiger partial charge >= 0.3 is 0 Å². The third-order valence-electron chi connectivity index (χ3n) is 2.52. The number of H-pyrrole nitrogens is 1. The Bertz CT molecular complexity index is 464. The molecule has 1 N–H and O–H groups in total. The van der Waals surface area contributed by atoms with Crippen LogP contribution in [0, 0.1) is 6.92 Å². The highest BCUT2D eigenvalue weighted by Crippen LogP contribution is 2.21. The van der Waals surface area contributed by atoms with Crippen molar-refractivity contribution in [1.82, 2.24) is 4.98 Å². The highest BCUT2D eigenvalue weighted by atomic mass is 79.9. The second kappa shape index (κ2) is 5.39. The Morgan fingerprint density at radius 1 is 1.25 bits per heavy atom. The maximum atomic E-state index is 5.69. The Morgan fingerprint density at radius 3 is 2.94 bits per heavy atom. The number of aryl methyl sites for hydroxylation is 1. The maximum Gasteiger partial charge on any atom is 0.120 e. The molecule has 0 fully saturated rings. The fourth-order valence-corrected chi connectivity index (χ4v) is 2.13. The minimum Gasteiger partial charge on any atom is -0.494 e. The summed E-state index contributed by atoms with van der Waals surface area (Å²) in [5, 5.41) is 2.27. The normalized spacial score (nSPS) is 10.9. The molecule has 16 heavy (non-hydrogen) atoms. The Morgan fingerprint density at radius 2 is 2.12 bits per heavy atom. The molecule has 0 bridgehead atoms. The average Bonchev–Trinajstić information content (AvgIpc) is 2.64. The Balaban J connectivity index is 2.02. The van der Waals surface area contributed by atoms with Crippen molar-refractivity contribution in [3.05, 3.63) is 30.0 Å². The summed E-state index contributed by atoms with van der Waals surface area (Å²) in [6.07, 6.45) is 2.25. The van der Waals surface area contributed by atoms with E-state index in [1.807, 2.05) is 6.07 Å². The van der Waals surface area contributed by atoms with E-state index in [0.29, 0.717) is 0 Å². The van der Waals surface area contributed by atoms with Crippen molar-refractivity contribution in [3.8, 4) is 5.75 Å². The number of ether oxygens (including phenoxy) is 1. The van der Waals surface area contributed by atoms with Crippen LogP contribution < -0.4 is 4.74 Å². The van der Waals surface area contributed by atoms with Gasteiger partial charge in [-0.05, 0) is 44.0 Å². The van der Waals surface area contributed by atoms with E-state index in [1.54, 1.807) is 0 Å². The maximum absolute atomic E-state index is 5.69. The minimum atomic E-state index is 0.792. The number of nitrogens with one attached hydrogen (secondary N) is 1. The SMILES string of the molecule is Cc1cc2cc(OCCCCBr)ccc2[nH]1. The molecular formula is C13H16BrNO. The van der Waals surface area contributed by atoms with Gasteiger partial charge in [-0.15, -0.1) is 0 Å². The average molecular weight is 282 g/mol. The van der Waals surface area contributed by atoms with E-state index in [-0.39, 0.29) is 0 Å². The quantitative estimate of drug-likeness (QED) is 0.650. The van der Waals surface area contributed by atoms with Crippen LogP contribution in [0.5, 0.6) is 5.75 Å². The van der Waals surface area contributed by atoms with Gasteiger partial charge in [0, 0.05) is 21.9 Å². The first kappa shape index (κ1) is 11.5. The molecule has 1 aromatic carbocycles. The lowest BCUT2D eigenvalue weighted by Crippen LogP contribution is -1.97. The van der Waals surface area contributed by atoms with Crippen molar-refractivity contribution in [3.63, 3.8) is 0 Å². The molecule has 86 valence electrons. The monoisotopic (exact) mass is 281 g/mol. The first-order valence-corrected chi connectivity index (χ1v) is 6.70. The number of fused-ring (bicyclic) bond motifs is 1. The van der Waals surface area contributed by atoms with Gasteiger partial charge in [0.1, 0.15) is 5.75 Å². The summed E-state index contributed by atoms with van der Waals surface area (Å²) in [5.74, 6) is 0.959. The van der Waals surface area contributed by atoms with Crippen LogP contribution in [0.3, 0.4) is 0 Å². The number of rotatable bonds is 5. The lowest BCUT2D eigenvalue weighted by atomic mass is 10.2. The zero-order chi connectivity index (χ0) is 11.4. The van der Waals surface area contributed by atoms with Gasteiger partial charge in [-0.25, -0.2) is 0 Å². The lowest BCUT2D eigenvalue weighted by molar-refractivity contribution is 0.310. The molecule has 0 aliphatic carbocycles. The van der Waals surface area contributed by atoms with Crippen LogP contribution in [0.2, 0.25) is 0 Å². The number of hydrogen-bond acceptors (Lipinski definition) is 1. The fourth-order valence-electron chi connectivity index (χ4n) is 1.73. The van der Waals surface area contributed by atoms with Crippen LogP contribution >= 0.6 is 15.9 Å². The van der Waals surface area contributed by atoms with Crippen LogP contribution in [0.4, 0.5) is 0 Å². The highest BCUT2D eigenvalue weighted by molar-refractivity contribution is 9.09. The van der Waals surface area contributed by atoms with E-state index in [4.69, 9.17) is 4.74 Å². The number of unbranched alkanes of at least 4 members (excludes halogenated alkanes) is 1. The van der Waals surface area contributed by atoms with Gasteiger partial charge in [0.15, 0.2) is 0 Å². The van der Waals surface area contributed by atoms with E-state index < -0.39 is 0 Å². The molecule has 3 heteroatoms. The molecule has 0 spiro atoms. The van der Waals surface area contributed by atoms with Gasteiger partial charge in [-0.1, -0.05) is 15.9 Å². The van der Waals surface area contributed by atoms with Crippen LogP contribution in [0.1, 0.15) is 18.5 Å². The molecule has 1 aromatic heterocycles. The summed E-state index contributed by atoms with van der Waals surface area (Å²) in [4.78, 5) is 3.30. The fraction of sp³-hybridized carbons (Fsp3) is 0.385. The molecule has 0 saturated carbocycles. The summed E-state index contributed by atoms with van der Waals surface area (Å²) in [5.41, 5.74) is 2.36. The second-order valence-corrected chi connectivity index (χ2v) is 4.74. The summed E-state index contributed by atoms with van der Waals surface area (Å²) in [6.45, 7) is 2.86. The molecule has 0 radical (unpaired) electrons. The molecule has 0 aliphatic rings. The Labute approximate surface area is 104 Å². The highest BCUT2D eigenvalue weighted by Gasteiger charge is 1.99. The zero-order valence-electron chi connectivity index (χ0n) is 9.42. The number of halogens is 1. The van der Waals surface area contributed by atoms with E-state index in [0.717, 1.165) is 30.5 Å². The summed E-state index contributed by atoms with van der Waals surface area (Å²) in [6, 6.07) is 8.32. The molecule has 2 aromatic rings. The summed E-state index contributed by atoms with van der Waals surface area (Å²) < 4.78 is 5.69.